The van der Waals surface area contributed by atoms with Crippen molar-refractivity contribution in [1.82, 2.24) is 15.3 Å². The lowest BCUT2D eigenvalue weighted by molar-refractivity contribution is -0.131. The van der Waals surface area contributed by atoms with Gasteiger partial charge in [-0.3, -0.25) is 10.2 Å². The molecule has 0 saturated carbocycles. The highest BCUT2D eigenvalue weighted by molar-refractivity contribution is 5.97. The quantitative estimate of drug-likeness (QED) is 0.668. The summed E-state index contributed by atoms with van der Waals surface area (Å²) in [6.45, 7) is 15.5. The largest absolute Gasteiger partial charge is 0.334 e. The smallest absolute Gasteiger partial charge is 0.250 e. The van der Waals surface area contributed by atoms with E-state index in [2.05, 4.69) is 69.0 Å². The number of hydrogen-bond acceptors (Lipinski definition) is 3. The van der Waals surface area contributed by atoms with E-state index in [1.165, 1.54) is 17.6 Å². The number of nitrogens with zero attached hydrogens (tertiary/aromatic N) is 2. The summed E-state index contributed by atoms with van der Waals surface area (Å²) in [6.07, 6.45) is 9.43. The van der Waals surface area contributed by atoms with Gasteiger partial charge < -0.3 is 4.90 Å². The zero-order chi connectivity index (χ0) is 22.0. The minimum atomic E-state index is 0.223. The van der Waals surface area contributed by atoms with Gasteiger partial charge in [-0.05, 0) is 88.2 Å². The molecule has 1 amide bonds. The van der Waals surface area contributed by atoms with Gasteiger partial charge >= 0.3 is 0 Å². The van der Waals surface area contributed by atoms with Gasteiger partial charge in [-0.25, -0.2) is 5.01 Å². The molecular weight excluding hydrogens is 382 g/mol. The number of carbonyl (C=O) groups excluding carboxylic acids is 1. The van der Waals surface area contributed by atoms with Crippen LogP contribution in [-0.2, 0) is 4.79 Å². The van der Waals surface area contributed by atoms with E-state index >= 15 is 0 Å². The van der Waals surface area contributed by atoms with E-state index in [4.69, 9.17) is 0 Å². The summed E-state index contributed by atoms with van der Waals surface area (Å²) < 4.78 is 0. The van der Waals surface area contributed by atoms with E-state index in [1.54, 1.807) is 11.1 Å². The van der Waals surface area contributed by atoms with Crippen LogP contribution >= 0.6 is 0 Å². The van der Waals surface area contributed by atoms with Crippen LogP contribution in [0.15, 0.2) is 34.4 Å². The SMILES string of the molecule is CC1CN2NC[C@H](C)[C@@H]3C=CCC4=C5CC2C1C(C(=O)N(C(C)C)C(C)C)=C5CCC43. The molecule has 2 heterocycles. The molecular formula is C27H41N3O. The van der Waals surface area contributed by atoms with Crippen LogP contribution in [0.3, 0.4) is 0 Å². The summed E-state index contributed by atoms with van der Waals surface area (Å²) in [5.41, 5.74) is 9.70. The molecule has 0 radical (unpaired) electrons. The Hall–Kier alpha value is -1.39. The molecule has 2 aliphatic heterocycles. The third kappa shape index (κ3) is 3.28. The minimum Gasteiger partial charge on any atom is -0.334 e. The average molecular weight is 424 g/mol. The Morgan fingerprint density at radius 1 is 1.13 bits per heavy atom. The van der Waals surface area contributed by atoms with Crippen molar-refractivity contribution in [2.24, 2.45) is 29.6 Å². The summed E-state index contributed by atoms with van der Waals surface area (Å²) in [5.74, 6) is 3.10. The fraction of sp³-hybridized carbons (Fsp3) is 0.741. The van der Waals surface area contributed by atoms with Gasteiger partial charge in [-0.1, -0.05) is 31.6 Å². The monoisotopic (exact) mass is 423 g/mol. The van der Waals surface area contributed by atoms with Crippen LogP contribution < -0.4 is 5.43 Å². The lowest BCUT2D eigenvalue weighted by Gasteiger charge is -2.47. The second-order valence-corrected chi connectivity index (χ2v) is 11.4. The van der Waals surface area contributed by atoms with Crippen molar-refractivity contribution in [3.63, 3.8) is 0 Å². The fourth-order valence-corrected chi connectivity index (χ4v) is 7.68. The van der Waals surface area contributed by atoms with E-state index in [0.29, 0.717) is 41.5 Å². The van der Waals surface area contributed by atoms with E-state index < -0.39 is 0 Å². The Morgan fingerprint density at radius 2 is 1.87 bits per heavy atom. The molecule has 5 aliphatic rings. The maximum absolute atomic E-state index is 14.2. The van der Waals surface area contributed by atoms with Crippen LogP contribution in [0.5, 0.6) is 0 Å². The summed E-state index contributed by atoms with van der Waals surface area (Å²) in [6, 6.07) is 0.858. The van der Waals surface area contributed by atoms with E-state index in [-0.39, 0.29) is 12.1 Å². The fourth-order valence-electron chi connectivity index (χ4n) is 7.68. The molecule has 1 N–H and O–H groups in total. The zero-order valence-corrected chi connectivity index (χ0v) is 20.3. The summed E-state index contributed by atoms with van der Waals surface area (Å²) in [7, 11) is 0. The summed E-state index contributed by atoms with van der Waals surface area (Å²) in [4.78, 5) is 16.3. The highest BCUT2D eigenvalue weighted by Crippen LogP contribution is 2.54. The molecule has 3 aliphatic carbocycles. The molecule has 1 fully saturated rings. The zero-order valence-electron chi connectivity index (χ0n) is 20.3. The van der Waals surface area contributed by atoms with Gasteiger partial charge in [0, 0.05) is 42.7 Å². The first kappa shape index (κ1) is 21.5. The molecule has 0 spiro atoms. The van der Waals surface area contributed by atoms with Gasteiger partial charge in [0.15, 0.2) is 0 Å². The normalized spacial score (nSPS) is 37.3. The lowest BCUT2D eigenvalue weighted by Crippen LogP contribution is -2.51. The Kier molecular flexibility index (Phi) is 5.45. The van der Waals surface area contributed by atoms with Crippen molar-refractivity contribution < 1.29 is 4.79 Å². The molecule has 0 aromatic carbocycles. The number of nitrogens with one attached hydrogen (secondary N) is 1. The molecule has 6 atom stereocenters. The predicted octanol–water partition coefficient (Wildman–Crippen LogP) is 4.71. The van der Waals surface area contributed by atoms with Crippen LogP contribution in [0.4, 0.5) is 0 Å². The van der Waals surface area contributed by atoms with Crippen LogP contribution in [0, 0.1) is 29.6 Å². The number of carbonyl (C=O) groups is 1. The van der Waals surface area contributed by atoms with Crippen molar-refractivity contribution in [1.29, 1.82) is 0 Å². The highest BCUT2D eigenvalue weighted by Gasteiger charge is 2.51. The molecule has 4 nitrogen and oxygen atoms in total. The Bertz CT molecular complexity index is 843. The number of allylic oxidation sites excluding steroid dienone is 4. The first-order chi connectivity index (χ1) is 14.8. The van der Waals surface area contributed by atoms with Gasteiger partial charge in [-0.2, -0.15) is 0 Å². The lowest BCUT2D eigenvalue weighted by atomic mass is 9.61. The Balaban J connectivity index is 1.71. The van der Waals surface area contributed by atoms with Gasteiger partial charge in [0.1, 0.15) is 0 Å². The van der Waals surface area contributed by atoms with Crippen molar-refractivity contribution in [2.45, 2.75) is 85.4 Å². The first-order valence-electron chi connectivity index (χ1n) is 12.7. The molecule has 4 heteroatoms. The van der Waals surface area contributed by atoms with Crippen LogP contribution in [0.25, 0.3) is 0 Å². The third-order valence-corrected chi connectivity index (χ3v) is 8.90. The van der Waals surface area contributed by atoms with Crippen LogP contribution in [0.2, 0.25) is 0 Å². The first-order valence-corrected chi connectivity index (χ1v) is 12.7. The Labute approximate surface area is 188 Å². The second kappa shape index (κ2) is 7.88. The summed E-state index contributed by atoms with van der Waals surface area (Å²) in [5, 5.41) is 2.52. The predicted molar refractivity (Wildman–Crippen MR) is 126 cm³/mol. The van der Waals surface area contributed by atoms with Gasteiger partial charge in [0.25, 0.3) is 5.91 Å². The molecule has 0 aromatic rings. The van der Waals surface area contributed by atoms with Crippen LogP contribution in [0.1, 0.15) is 67.2 Å². The standard InChI is InChI=1S/C27H41N3O/c1-15(2)30(16(3)4)27(31)26-22-11-10-21-19-8-7-9-20(21)23(22)12-24-25(26)18(6)14-29(24)28-13-17(19)5/h7-8,15-19,21,24-25,28H,9-14H2,1-6H3/t17-,18?,19-,21?,24?,25?/m0/s1. The van der Waals surface area contributed by atoms with Crippen molar-refractivity contribution in [2.75, 3.05) is 13.1 Å². The number of rotatable bonds is 3. The number of hydrogen-bond donors (Lipinski definition) is 1. The van der Waals surface area contributed by atoms with E-state index in [9.17, 15) is 4.79 Å². The molecule has 0 aromatic heterocycles. The Morgan fingerprint density at radius 3 is 2.58 bits per heavy atom. The molecule has 31 heavy (non-hydrogen) atoms. The number of hydrazine groups is 1. The second-order valence-electron chi connectivity index (χ2n) is 11.4. The van der Waals surface area contributed by atoms with Gasteiger partial charge in [0.2, 0.25) is 0 Å². The van der Waals surface area contributed by atoms with Gasteiger partial charge in [-0.15, -0.1) is 0 Å². The molecule has 5 bridgehead atoms. The van der Waals surface area contributed by atoms with E-state index in [0.717, 1.165) is 32.4 Å². The van der Waals surface area contributed by atoms with Gasteiger partial charge in [0.05, 0.1) is 0 Å². The molecule has 4 unspecified atom stereocenters. The highest BCUT2D eigenvalue weighted by atomic mass is 16.2. The number of amides is 1. The third-order valence-electron chi connectivity index (χ3n) is 8.90. The topological polar surface area (TPSA) is 35.6 Å². The maximum Gasteiger partial charge on any atom is 0.250 e. The summed E-state index contributed by atoms with van der Waals surface area (Å²) >= 11 is 0. The minimum absolute atomic E-state index is 0.223. The van der Waals surface area contributed by atoms with E-state index in [1.807, 2.05) is 0 Å². The van der Waals surface area contributed by atoms with Crippen molar-refractivity contribution >= 4 is 5.91 Å². The van der Waals surface area contributed by atoms with Crippen LogP contribution in [-0.4, -0.2) is 47.0 Å². The molecule has 1 saturated heterocycles. The molecule has 170 valence electrons. The molecule has 5 rings (SSSR count). The van der Waals surface area contributed by atoms with Crippen molar-refractivity contribution in [3.05, 3.63) is 34.4 Å². The van der Waals surface area contributed by atoms with Crippen molar-refractivity contribution in [3.8, 4) is 0 Å². The average Bonchev–Trinajstić information content (AvgIpc) is 3.03. The maximum atomic E-state index is 14.2.